The SMILES string of the molecule is Cc1cccc[n+]1CC(=O)Nc1cccc(S(=O)(=O)N2CCCCC2)c1. The molecule has 0 aliphatic carbocycles. The molecule has 6 nitrogen and oxygen atoms in total. The largest absolute Gasteiger partial charge is 0.321 e. The van der Waals surface area contributed by atoms with Gasteiger partial charge in [-0.2, -0.15) is 8.87 Å². The maximum atomic E-state index is 12.8. The zero-order chi connectivity index (χ0) is 18.6. The molecule has 0 radical (unpaired) electrons. The third-order valence-electron chi connectivity index (χ3n) is 4.55. The zero-order valence-corrected chi connectivity index (χ0v) is 15.7. The standard InChI is InChI=1S/C19H23N3O3S/c1-16-8-3-6-11-21(16)15-19(23)20-17-9-7-10-18(14-17)26(24,25)22-12-4-2-5-13-22/h3,6-11,14H,2,4-5,12-13,15H2,1H3/p+1. The highest BCUT2D eigenvalue weighted by molar-refractivity contribution is 7.89. The Hall–Kier alpha value is -2.25. The van der Waals surface area contributed by atoms with Crippen molar-refractivity contribution in [3.63, 3.8) is 0 Å². The summed E-state index contributed by atoms with van der Waals surface area (Å²) in [5.74, 6) is -0.197. The van der Waals surface area contributed by atoms with Crippen LogP contribution in [-0.2, 0) is 21.4 Å². The zero-order valence-electron chi connectivity index (χ0n) is 14.9. The molecule has 3 rings (SSSR count). The number of aryl methyl sites for hydroxylation is 1. The van der Waals surface area contributed by atoms with Crippen molar-refractivity contribution in [1.29, 1.82) is 0 Å². The maximum Gasteiger partial charge on any atom is 0.290 e. The van der Waals surface area contributed by atoms with Gasteiger partial charge in [-0.05, 0) is 31.0 Å². The monoisotopic (exact) mass is 374 g/mol. The topological polar surface area (TPSA) is 70.4 Å². The number of amides is 1. The van der Waals surface area contributed by atoms with Crippen molar-refractivity contribution in [3.8, 4) is 0 Å². The summed E-state index contributed by atoms with van der Waals surface area (Å²) >= 11 is 0. The minimum atomic E-state index is -3.51. The van der Waals surface area contributed by atoms with Crippen LogP contribution in [0.4, 0.5) is 5.69 Å². The number of rotatable bonds is 5. The average Bonchev–Trinajstić information content (AvgIpc) is 2.64. The summed E-state index contributed by atoms with van der Waals surface area (Å²) in [7, 11) is -3.51. The van der Waals surface area contributed by atoms with Gasteiger partial charge in [0, 0.05) is 37.8 Å². The lowest BCUT2D eigenvalue weighted by molar-refractivity contribution is -0.690. The van der Waals surface area contributed by atoms with Crippen LogP contribution in [0.15, 0.2) is 53.6 Å². The Balaban J connectivity index is 1.73. The van der Waals surface area contributed by atoms with Gasteiger partial charge in [-0.1, -0.05) is 18.6 Å². The molecule has 26 heavy (non-hydrogen) atoms. The predicted molar refractivity (Wildman–Crippen MR) is 99.1 cm³/mol. The summed E-state index contributed by atoms with van der Waals surface area (Å²) < 4.78 is 28.9. The molecule has 1 aromatic heterocycles. The van der Waals surface area contributed by atoms with E-state index in [-0.39, 0.29) is 17.3 Å². The molecule has 2 heterocycles. The molecule has 1 aliphatic rings. The Labute approximate surface area is 154 Å². The Morgan fingerprint density at radius 1 is 1.12 bits per heavy atom. The van der Waals surface area contributed by atoms with E-state index >= 15 is 0 Å². The summed E-state index contributed by atoms with van der Waals surface area (Å²) in [5, 5.41) is 2.79. The first-order valence-electron chi connectivity index (χ1n) is 8.82. The number of sulfonamides is 1. The number of benzene rings is 1. The van der Waals surface area contributed by atoms with Gasteiger partial charge in [0.25, 0.3) is 5.91 Å². The van der Waals surface area contributed by atoms with Gasteiger partial charge in [-0.15, -0.1) is 0 Å². The molecule has 0 saturated carbocycles. The summed E-state index contributed by atoms with van der Waals surface area (Å²) in [6, 6.07) is 12.2. The molecule has 7 heteroatoms. The van der Waals surface area contributed by atoms with E-state index < -0.39 is 10.0 Å². The van der Waals surface area contributed by atoms with Crippen LogP contribution in [0.5, 0.6) is 0 Å². The van der Waals surface area contributed by atoms with E-state index in [1.165, 1.54) is 10.4 Å². The molecule has 0 spiro atoms. The Bertz CT molecular complexity index is 890. The van der Waals surface area contributed by atoms with Crippen LogP contribution in [0.1, 0.15) is 25.0 Å². The van der Waals surface area contributed by atoms with Crippen molar-refractivity contribution < 1.29 is 17.8 Å². The summed E-state index contributed by atoms with van der Waals surface area (Å²) in [5.41, 5.74) is 1.46. The number of hydrogen-bond acceptors (Lipinski definition) is 3. The number of pyridine rings is 1. The highest BCUT2D eigenvalue weighted by atomic mass is 32.2. The Kier molecular flexibility index (Phi) is 5.68. The van der Waals surface area contributed by atoms with Crippen LogP contribution in [0, 0.1) is 6.92 Å². The fourth-order valence-electron chi connectivity index (χ4n) is 3.08. The molecular weight excluding hydrogens is 350 g/mol. The van der Waals surface area contributed by atoms with E-state index in [9.17, 15) is 13.2 Å². The van der Waals surface area contributed by atoms with Crippen LogP contribution in [0.2, 0.25) is 0 Å². The molecule has 1 amide bonds. The van der Waals surface area contributed by atoms with Gasteiger partial charge in [-0.25, -0.2) is 8.42 Å². The van der Waals surface area contributed by atoms with Crippen LogP contribution in [0.3, 0.4) is 0 Å². The number of carbonyl (C=O) groups excluding carboxylic acids is 1. The quantitative estimate of drug-likeness (QED) is 0.815. The van der Waals surface area contributed by atoms with Crippen LogP contribution in [0.25, 0.3) is 0 Å². The van der Waals surface area contributed by atoms with Crippen LogP contribution >= 0.6 is 0 Å². The smallest absolute Gasteiger partial charge is 0.290 e. The maximum absolute atomic E-state index is 12.8. The molecule has 1 N–H and O–H groups in total. The summed E-state index contributed by atoms with van der Waals surface area (Å²) in [4.78, 5) is 12.5. The Morgan fingerprint density at radius 2 is 1.88 bits per heavy atom. The van der Waals surface area contributed by atoms with Gasteiger partial charge in [0.1, 0.15) is 0 Å². The number of hydrogen-bond donors (Lipinski definition) is 1. The van der Waals surface area contributed by atoms with E-state index in [1.807, 2.05) is 35.9 Å². The lowest BCUT2D eigenvalue weighted by atomic mass is 10.2. The van der Waals surface area contributed by atoms with E-state index in [2.05, 4.69) is 5.32 Å². The van der Waals surface area contributed by atoms with Crippen LogP contribution in [-0.4, -0.2) is 31.7 Å². The number of carbonyl (C=O) groups is 1. The van der Waals surface area contributed by atoms with Gasteiger partial charge in [-0.3, -0.25) is 4.79 Å². The van der Waals surface area contributed by atoms with Crippen molar-refractivity contribution in [3.05, 3.63) is 54.4 Å². The first-order chi connectivity index (χ1) is 12.5. The third-order valence-corrected chi connectivity index (χ3v) is 6.45. The molecule has 0 atom stereocenters. The van der Waals surface area contributed by atoms with E-state index in [0.717, 1.165) is 25.0 Å². The van der Waals surface area contributed by atoms with Crippen molar-refractivity contribution in [2.75, 3.05) is 18.4 Å². The molecule has 0 unspecified atom stereocenters. The van der Waals surface area contributed by atoms with E-state index in [1.54, 1.807) is 18.2 Å². The van der Waals surface area contributed by atoms with Crippen molar-refractivity contribution in [2.24, 2.45) is 0 Å². The van der Waals surface area contributed by atoms with Gasteiger partial charge >= 0.3 is 0 Å². The lowest BCUT2D eigenvalue weighted by Gasteiger charge is -2.26. The summed E-state index contributed by atoms with van der Waals surface area (Å²) in [6.45, 7) is 3.22. The van der Waals surface area contributed by atoms with Gasteiger partial charge in [0.2, 0.25) is 16.6 Å². The number of aromatic nitrogens is 1. The van der Waals surface area contributed by atoms with Crippen molar-refractivity contribution in [1.82, 2.24) is 4.31 Å². The van der Waals surface area contributed by atoms with Gasteiger partial charge in [0.05, 0.1) is 4.90 Å². The lowest BCUT2D eigenvalue weighted by Crippen LogP contribution is -2.42. The first-order valence-corrected chi connectivity index (χ1v) is 10.3. The fourth-order valence-corrected chi connectivity index (χ4v) is 4.65. The normalized spacial score (nSPS) is 15.6. The number of nitrogens with zero attached hydrogens (tertiary/aromatic N) is 2. The predicted octanol–water partition coefficient (Wildman–Crippen LogP) is 2.10. The second-order valence-electron chi connectivity index (χ2n) is 6.51. The number of piperidine rings is 1. The fraction of sp³-hybridized carbons (Fsp3) is 0.368. The van der Waals surface area contributed by atoms with Gasteiger partial charge in [0.15, 0.2) is 11.9 Å². The second kappa shape index (κ2) is 7.97. The highest BCUT2D eigenvalue weighted by Crippen LogP contribution is 2.22. The summed E-state index contributed by atoms with van der Waals surface area (Å²) in [6.07, 6.45) is 4.69. The number of nitrogens with one attached hydrogen (secondary N) is 1. The molecule has 1 fully saturated rings. The molecule has 2 aromatic rings. The Morgan fingerprint density at radius 3 is 2.62 bits per heavy atom. The molecule has 0 bridgehead atoms. The average molecular weight is 374 g/mol. The molecule has 138 valence electrons. The molecular formula is C19H24N3O3S+. The van der Waals surface area contributed by atoms with Gasteiger partial charge < -0.3 is 5.32 Å². The third kappa shape index (κ3) is 4.28. The molecule has 1 aliphatic heterocycles. The van der Waals surface area contributed by atoms with Crippen molar-refractivity contribution >= 4 is 21.6 Å². The second-order valence-corrected chi connectivity index (χ2v) is 8.45. The van der Waals surface area contributed by atoms with Crippen LogP contribution < -0.4 is 9.88 Å². The molecule has 1 saturated heterocycles. The minimum Gasteiger partial charge on any atom is -0.321 e. The van der Waals surface area contributed by atoms with Crippen molar-refractivity contribution in [2.45, 2.75) is 37.6 Å². The van der Waals surface area contributed by atoms with E-state index in [4.69, 9.17) is 0 Å². The molecule has 1 aromatic carbocycles. The van der Waals surface area contributed by atoms with E-state index in [0.29, 0.717) is 18.8 Å². The first kappa shape index (κ1) is 18.5. The highest BCUT2D eigenvalue weighted by Gasteiger charge is 2.26. The number of anilines is 1. The minimum absolute atomic E-state index is 0.176.